The average molecular weight is 260 g/mol. The topological polar surface area (TPSA) is 26.3 Å². The lowest BCUT2D eigenvalue weighted by Gasteiger charge is -2.56. The van der Waals surface area contributed by atoms with E-state index in [0.29, 0.717) is 0 Å². The molecule has 0 aliphatic carbocycles. The first kappa shape index (κ1) is 12.7. The number of benzene rings is 1. The second kappa shape index (κ2) is 4.34. The van der Waals surface area contributed by atoms with E-state index in [1.165, 1.54) is 25.6 Å². The first-order valence-electron chi connectivity index (χ1n) is 7.10. The summed E-state index contributed by atoms with van der Waals surface area (Å²) in [6, 6.07) is 10.6. The van der Waals surface area contributed by atoms with Crippen molar-refractivity contribution in [2.75, 3.05) is 26.7 Å². The normalized spacial score (nSPS) is 37.1. The highest BCUT2D eigenvalue weighted by Crippen LogP contribution is 2.46. The molecular formula is C16H22NO2+. The molecule has 1 atom stereocenters. The Labute approximate surface area is 114 Å². The van der Waals surface area contributed by atoms with Crippen molar-refractivity contribution in [1.82, 2.24) is 0 Å². The Morgan fingerprint density at radius 3 is 2.47 bits per heavy atom. The van der Waals surface area contributed by atoms with Crippen LogP contribution in [0.4, 0.5) is 0 Å². The summed E-state index contributed by atoms with van der Waals surface area (Å²) >= 11 is 0. The number of rotatable bonds is 2. The number of hydrogen-bond acceptors (Lipinski definition) is 2. The van der Waals surface area contributed by atoms with Crippen molar-refractivity contribution in [3.8, 4) is 0 Å². The molecule has 3 saturated heterocycles. The van der Waals surface area contributed by atoms with Crippen LogP contribution in [0, 0.1) is 0 Å². The molecule has 0 spiro atoms. The van der Waals surface area contributed by atoms with Crippen LogP contribution >= 0.6 is 0 Å². The van der Waals surface area contributed by atoms with Crippen molar-refractivity contribution in [1.29, 1.82) is 0 Å². The van der Waals surface area contributed by atoms with Crippen LogP contribution < -0.4 is 0 Å². The Morgan fingerprint density at radius 1 is 1.26 bits per heavy atom. The standard InChI is InChI=1S/C16H22NO2/c1-13(18)19-15-12-17(2)10-8-16(15,9-11-17)14-6-4-3-5-7-14/h3-7,15H,8-12H2,1-2H3/q+1. The summed E-state index contributed by atoms with van der Waals surface area (Å²) in [6.45, 7) is 4.85. The number of quaternary nitrogens is 1. The van der Waals surface area contributed by atoms with Crippen LogP contribution in [0.25, 0.3) is 0 Å². The minimum atomic E-state index is -0.152. The van der Waals surface area contributed by atoms with Gasteiger partial charge in [-0.25, -0.2) is 0 Å². The van der Waals surface area contributed by atoms with E-state index in [2.05, 4.69) is 31.3 Å². The molecule has 0 aromatic heterocycles. The molecular weight excluding hydrogens is 238 g/mol. The molecule has 3 heterocycles. The van der Waals surface area contributed by atoms with Crippen LogP contribution in [-0.2, 0) is 14.9 Å². The molecule has 1 aromatic carbocycles. The van der Waals surface area contributed by atoms with Gasteiger partial charge in [0.25, 0.3) is 0 Å². The number of nitrogens with zero attached hydrogens (tertiary/aromatic N) is 1. The van der Waals surface area contributed by atoms with Crippen LogP contribution in [0.5, 0.6) is 0 Å². The number of fused-ring (bicyclic) bond motifs is 3. The highest BCUT2D eigenvalue weighted by molar-refractivity contribution is 5.66. The maximum Gasteiger partial charge on any atom is 0.303 e. The number of carbonyl (C=O) groups excluding carboxylic acids is 1. The van der Waals surface area contributed by atoms with E-state index in [1.54, 1.807) is 0 Å². The molecule has 1 aromatic rings. The van der Waals surface area contributed by atoms with E-state index >= 15 is 0 Å². The molecule has 3 aliphatic heterocycles. The van der Waals surface area contributed by atoms with Gasteiger partial charge in [-0.2, -0.15) is 0 Å². The van der Waals surface area contributed by atoms with Gasteiger partial charge >= 0.3 is 5.97 Å². The van der Waals surface area contributed by atoms with Crippen LogP contribution in [0.2, 0.25) is 0 Å². The molecule has 0 radical (unpaired) electrons. The van der Waals surface area contributed by atoms with Crippen molar-refractivity contribution >= 4 is 5.97 Å². The summed E-state index contributed by atoms with van der Waals surface area (Å²) in [6.07, 6.45) is 2.26. The van der Waals surface area contributed by atoms with Crippen LogP contribution in [0.3, 0.4) is 0 Å². The predicted octanol–water partition coefficient (Wildman–Crippen LogP) is 2.11. The van der Waals surface area contributed by atoms with Gasteiger partial charge in [-0.05, 0) is 5.56 Å². The zero-order valence-corrected chi connectivity index (χ0v) is 11.8. The Morgan fingerprint density at radius 2 is 1.89 bits per heavy atom. The monoisotopic (exact) mass is 260 g/mol. The number of ether oxygens (including phenoxy) is 1. The van der Waals surface area contributed by atoms with E-state index in [0.717, 1.165) is 23.9 Å². The summed E-state index contributed by atoms with van der Waals surface area (Å²) in [5.74, 6) is -0.152. The predicted molar refractivity (Wildman–Crippen MR) is 73.7 cm³/mol. The maximum atomic E-state index is 11.4. The molecule has 0 saturated carbocycles. The molecule has 0 N–H and O–H groups in total. The average Bonchev–Trinajstić information content (AvgIpc) is 2.39. The molecule has 19 heavy (non-hydrogen) atoms. The second-order valence-corrected chi connectivity index (χ2v) is 6.37. The van der Waals surface area contributed by atoms with E-state index in [4.69, 9.17) is 4.74 Å². The smallest absolute Gasteiger partial charge is 0.303 e. The molecule has 102 valence electrons. The van der Waals surface area contributed by atoms with E-state index < -0.39 is 0 Å². The summed E-state index contributed by atoms with van der Waals surface area (Å²) in [4.78, 5) is 11.4. The molecule has 3 fully saturated rings. The van der Waals surface area contributed by atoms with Gasteiger partial charge in [0.05, 0.1) is 20.1 Å². The first-order valence-corrected chi connectivity index (χ1v) is 7.10. The Balaban J connectivity index is 1.99. The number of carbonyl (C=O) groups is 1. The quantitative estimate of drug-likeness (QED) is 0.601. The fourth-order valence-corrected chi connectivity index (χ4v) is 3.85. The largest absolute Gasteiger partial charge is 0.456 e. The van der Waals surface area contributed by atoms with Gasteiger partial charge in [-0.1, -0.05) is 30.3 Å². The summed E-state index contributed by atoms with van der Waals surface area (Å²) in [5.41, 5.74) is 1.38. The zero-order valence-electron chi connectivity index (χ0n) is 11.8. The maximum absolute atomic E-state index is 11.4. The van der Waals surface area contributed by atoms with Gasteiger partial charge < -0.3 is 9.22 Å². The lowest BCUT2D eigenvalue weighted by Crippen LogP contribution is -2.68. The van der Waals surface area contributed by atoms with Gasteiger partial charge in [0.1, 0.15) is 6.54 Å². The Hall–Kier alpha value is -1.35. The number of likely N-dealkylation sites (N-methyl/N-ethyl adjacent to an activating group) is 1. The zero-order chi connectivity index (χ0) is 13.5. The minimum absolute atomic E-state index is 0.0277. The fourth-order valence-electron chi connectivity index (χ4n) is 3.85. The second-order valence-electron chi connectivity index (χ2n) is 6.37. The summed E-state index contributed by atoms with van der Waals surface area (Å²) in [5, 5.41) is 0. The van der Waals surface area contributed by atoms with E-state index in [9.17, 15) is 4.79 Å². The number of hydrogen-bond donors (Lipinski definition) is 0. The minimum Gasteiger partial charge on any atom is -0.456 e. The molecule has 3 nitrogen and oxygen atoms in total. The molecule has 2 bridgehead atoms. The van der Waals surface area contributed by atoms with Gasteiger partial charge in [0.2, 0.25) is 0 Å². The van der Waals surface area contributed by atoms with Gasteiger partial charge in [-0.3, -0.25) is 4.79 Å². The van der Waals surface area contributed by atoms with Crippen molar-refractivity contribution < 1.29 is 14.0 Å². The van der Waals surface area contributed by atoms with Gasteiger partial charge in [-0.15, -0.1) is 0 Å². The lowest BCUT2D eigenvalue weighted by atomic mass is 9.64. The van der Waals surface area contributed by atoms with Crippen molar-refractivity contribution in [3.05, 3.63) is 35.9 Å². The van der Waals surface area contributed by atoms with Crippen LogP contribution in [0.15, 0.2) is 30.3 Å². The molecule has 3 aliphatic rings. The molecule has 1 unspecified atom stereocenters. The lowest BCUT2D eigenvalue weighted by molar-refractivity contribution is -0.929. The molecule has 3 heteroatoms. The van der Waals surface area contributed by atoms with E-state index in [1.807, 2.05) is 6.07 Å². The molecule has 0 amide bonds. The summed E-state index contributed by atoms with van der Waals surface area (Å²) in [7, 11) is 2.28. The molecule has 4 rings (SSSR count). The first-order chi connectivity index (χ1) is 9.04. The van der Waals surface area contributed by atoms with Gasteiger partial charge in [0.15, 0.2) is 6.10 Å². The van der Waals surface area contributed by atoms with E-state index in [-0.39, 0.29) is 17.5 Å². The third-order valence-corrected chi connectivity index (χ3v) is 5.08. The van der Waals surface area contributed by atoms with Crippen LogP contribution in [-0.4, -0.2) is 43.2 Å². The Bertz CT molecular complexity index is 475. The Kier molecular flexibility index (Phi) is 2.90. The van der Waals surface area contributed by atoms with Crippen molar-refractivity contribution in [2.45, 2.75) is 31.3 Å². The number of esters is 1. The third kappa shape index (κ3) is 2.06. The highest BCUT2D eigenvalue weighted by Gasteiger charge is 2.56. The van der Waals surface area contributed by atoms with Gasteiger partial charge in [0, 0.05) is 25.2 Å². The van der Waals surface area contributed by atoms with Crippen LogP contribution in [0.1, 0.15) is 25.3 Å². The van der Waals surface area contributed by atoms with Crippen molar-refractivity contribution in [2.24, 2.45) is 0 Å². The number of piperidine rings is 3. The van der Waals surface area contributed by atoms with Crippen molar-refractivity contribution in [3.63, 3.8) is 0 Å². The fraction of sp³-hybridized carbons (Fsp3) is 0.562. The summed E-state index contributed by atoms with van der Waals surface area (Å²) < 4.78 is 6.74. The SMILES string of the molecule is CC(=O)OC1C[N+]2(C)CCC1(c1ccccc1)CC2. The highest BCUT2D eigenvalue weighted by atomic mass is 16.5. The third-order valence-electron chi connectivity index (χ3n) is 5.08.